The fourth-order valence-electron chi connectivity index (χ4n) is 2.73. The SMILES string of the molecule is COC(=O)[C@H]1CCC(C)(C)N(Cc2ccccc2)C1. The third kappa shape index (κ3) is 3.35. The first-order chi connectivity index (χ1) is 9.03. The lowest BCUT2D eigenvalue weighted by molar-refractivity contribution is -0.149. The minimum Gasteiger partial charge on any atom is -0.469 e. The average molecular weight is 261 g/mol. The second kappa shape index (κ2) is 5.74. The number of piperidine rings is 1. The van der Waals surface area contributed by atoms with Gasteiger partial charge in [-0.2, -0.15) is 0 Å². The number of likely N-dealkylation sites (tertiary alicyclic amines) is 1. The summed E-state index contributed by atoms with van der Waals surface area (Å²) in [4.78, 5) is 14.1. The van der Waals surface area contributed by atoms with Crippen LogP contribution in [0.1, 0.15) is 32.3 Å². The predicted octanol–water partition coefficient (Wildman–Crippen LogP) is 2.85. The van der Waals surface area contributed by atoms with E-state index in [1.807, 2.05) is 6.07 Å². The lowest BCUT2D eigenvalue weighted by Crippen LogP contribution is -2.51. The van der Waals surface area contributed by atoms with E-state index in [-0.39, 0.29) is 17.4 Å². The molecule has 0 saturated carbocycles. The van der Waals surface area contributed by atoms with Crippen molar-refractivity contribution in [3.63, 3.8) is 0 Å². The largest absolute Gasteiger partial charge is 0.469 e. The summed E-state index contributed by atoms with van der Waals surface area (Å²) in [7, 11) is 1.48. The fourth-order valence-corrected chi connectivity index (χ4v) is 2.73. The summed E-state index contributed by atoms with van der Waals surface area (Å²) in [5, 5.41) is 0. The van der Waals surface area contributed by atoms with Crippen molar-refractivity contribution >= 4 is 5.97 Å². The first-order valence-corrected chi connectivity index (χ1v) is 6.90. The molecule has 0 spiro atoms. The molecule has 2 rings (SSSR count). The van der Waals surface area contributed by atoms with Crippen molar-refractivity contribution in [2.45, 2.75) is 38.8 Å². The minimum atomic E-state index is -0.0754. The minimum absolute atomic E-state index is 0.0155. The van der Waals surface area contributed by atoms with Crippen molar-refractivity contribution in [2.75, 3.05) is 13.7 Å². The van der Waals surface area contributed by atoms with Gasteiger partial charge < -0.3 is 4.74 Å². The van der Waals surface area contributed by atoms with Gasteiger partial charge in [-0.1, -0.05) is 30.3 Å². The zero-order chi connectivity index (χ0) is 13.9. The number of nitrogens with zero attached hydrogens (tertiary/aromatic N) is 1. The summed E-state index contributed by atoms with van der Waals surface area (Å²) < 4.78 is 4.89. The first-order valence-electron chi connectivity index (χ1n) is 6.90. The number of benzene rings is 1. The zero-order valence-corrected chi connectivity index (χ0v) is 12.1. The van der Waals surface area contributed by atoms with Crippen LogP contribution in [0.4, 0.5) is 0 Å². The Morgan fingerprint density at radius 3 is 2.68 bits per heavy atom. The number of esters is 1. The fraction of sp³-hybridized carbons (Fsp3) is 0.562. The number of carbonyl (C=O) groups excluding carboxylic acids is 1. The van der Waals surface area contributed by atoms with Gasteiger partial charge in [0.2, 0.25) is 0 Å². The summed E-state index contributed by atoms with van der Waals surface area (Å²) in [5.41, 5.74) is 1.43. The summed E-state index contributed by atoms with van der Waals surface area (Å²) >= 11 is 0. The highest BCUT2D eigenvalue weighted by Crippen LogP contribution is 2.32. The maximum absolute atomic E-state index is 11.7. The molecule has 0 aromatic heterocycles. The van der Waals surface area contributed by atoms with Gasteiger partial charge in [0, 0.05) is 18.6 Å². The van der Waals surface area contributed by atoms with Crippen LogP contribution in [0.25, 0.3) is 0 Å². The third-order valence-corrected chi connectivity index (χ3v) is 4.15. The second-order valence-corrected chi connectivity index (χ2v) is 5.94. The number of hydrogen-bond donors (Lipinski definition) is 0. The van der Waals surface area contributed by atoms with E-state index in [0.29, 0.717) is 0 Å². The number of ether oxygens (including phenoxy) is 1. The van der Waals surface area contributed by atoms with E-state index in [2.05, 4.69) is 43.0 Å². The Morgan fingerprint density at radius 2 is 2.05 bits per heavy atom. The molecule has 0 aliphatic carbocycles. The van der Waals surface area contributed by atoms with Gasteiger partial charge in [0.15, 0.2) is 0 Å². The molecule has 1 aromatic rings. The zero-order valence-electron chi connectivity index (χ0n) is 12.1. The Bertz CT molecular complexity index is 428. The van der Waals surface area contributed by atoms with E-state index in [1.54, 1.807) is 0 Å². The van der Waals surface area contributed by atoms with Crippen LogP contribution in [-0.2, 0) is 16.1 Å². The summed E-state index contributed by atoms with van der Waals surface area (Å²) in [6, 6.07) is 10.4. The van der Waals surface area contributed by atoms with Crippen LogP contribution >= 0.6 is 0 Å². The molecule has 1 saturated heterocycles. The van der Waals surface area contributed by atoms with Crippen molar-refractivity contribution in [2.24, 2.45) is 5.92 Å². The van der Waals surface area contributed by atoms with Gasteiger partial charge >= 0.3 is 5.97 Å². The lowest BCUT2D eigenvalue weighted by Gasteiger charge is -2.45. The molecule has 3 nitrogen and oxygen atoms in total. The van der Waals surface area contributed by atoms with Gasteiger partial charge in [0.25, 0.3) is 0 Å². The highest BCUT2D eigenvalue weighted by atomic mass is 16.5. The van der Waals surface area contributed by atoms with Gasteiger partial charge in [-0.15, -0.1) is 0 Å². The maximum Gasteiger partial charge on any atom is 0.309 e. The van der Waals surface area contributed by atoms with Crippen LogP contribution in [0.2, 0.25) is 0 Å². The Hall–Kier alpha value is -1.35. The molecule has 0 bridgehead atoms. The monoisotopic (exact) mass is 261 g/mol. The second-order valence-electron chi connectivity index (χ2n) is 5.94. The van der Waals surface area contributed by atoms with Crippen molar-refractivity contribution in [3.05, 3.63) is 35.9 Å². The molecule has 1 atom stereocenters. The normalized spacial score (nSPS) is 23.0. The Kier molecular flexibility index (Phi) is 4.25. The molecule has 3 heteroatoms. The first kappa shape index (κ1) is 14.1. The molecule has 0 N–H and O–H groups in total. The summed E-state index contributed by atoms with van der Waals surface area (Å²) in [5.74, 6) is -0.0599. The van der Waals surface area contributed by atoms with Crippen LogP contribution in [0.15, 0.2) is 30.3 Å². The van der Waals surface area contributed by atoms with Crippen LogP contribution in [0.3, 0.4) is 0 Å². The summed E-state index contributed by atoms with van der Waals surface area (Å²) in [6.07, 6.45) is 1.95. The smallest absolute Gasteiger partial charge is 0.309 e. The predicted molar refractivity (Wildman–Crippen MR) is 75.7 cm³/mol. The molecular weight excluding hydrogens is 238 g/mol. The quantitative estimate of drug-likeness (QED) is 0.784. The van der Waals surface area contributed by atoms with Crippen molar-refractivity contribution in [1.82, 2.24) is 4.90 Å². The highest BCUT2D eigenvalue weighted by molar-refractivity contribution is 5.72. The Morgan fingerprint density at radius 1 is 1.37 bits per heavy atom. The van der Waals surface area contributed by atoms with Crippen molar-refractivity contribution in [3.8, 4) is 0 Å². The van der Waals surface area contributed by atoms with Gasteiger partial charge in [-0.05, 0) is 32.3 Å². The van der Waals surface area contributed by atoms with Crippen LogP contribution in [0, 0.1) is 5.92 Å². The van der Waals surface area contributed by atoms with Gasteiger partial charge in [0.05, 0.1) is 13.0 Å². The molecule has 19 heavy (non-hydrogen) atoms. The molecule has 0 radical (unpaired) electrons. The molecule has 1 aliphatic rings. The molecule has 1 aliphatic heterocycles. The van der Waals surface area contributed by atoms with Crippen molar-refractivity contribution in [1.29, 1.82) is 0 Å². The molecular formula is C16H23NO2. The lowest BCUT2D eigenvalue weighted by atomic mass is 9.84. The molecule has 0 amide bonds. The van der Waals surface area contributed by atoms with Crippen LogP contribution < -0.4 is 0 Å². The molecule has 1 heterocycles. The molecule has 1 fully saturated rings. The molecule has 0 unspecified atom stereocenters. The van der Waals surface area contributed by atoms with E-state index in [9.17, 15) is 4.79 Å². The van der Waals surface area contributed by atoms with E-state index in [1.165, 1.54) is 12.7 Å². The topological polar surface area (TPSA) is 29.5 Å². The van der Waals surface area contributed by atoms with E-state index >= 15 is 0 Å². The van der Waals surface area contributed by atoms with Gasteiger partial charge in [-0.25, -0.2) is 0 Å². The number of carbonyl (C=O) groups is 1. The standard InChI is InChI=1S/C16H23NO2/c1-16(2)10-9-14(15(18)19-3)12-17(16)11-13-7-5-4-6-8-13/h4-8,14H,9-12H2,1-3H3/t14-/m0/s1. The van der Waals surface area contributed by atoms with Crippen LogP contribution in [-0.4, -0.2) is 30.1 Å². The van der Waals surface area contributed by atoms with E-state index in [4.69, 9.17) is 4.74 Å². The molecule has 104 valence electrons. The molecule has 1 aromatic carbocycles. The van der Waals surface area contributed by atoms with E-state index < -0.39 is 0 Å². The van der Waals surface area contributed by atoms with Crippen molar-refractivity contribution < 1.29 is 9.53 Å². The Labute approximate surface area is 115 Å². The third-order valence-electron chi connectivity index (χ3n) is 4.15. The number of rotatable bonds is 3. The highest BCUT2D eigenvalue weighted by Gasteiger charge is 2.37. The van der Waals surface area contributed by atoms with Crippen LogP contribution in [0.5, 0.6) is 0 Å². The van der Waals surface area contributed by atoms with Gasteiger partial charge in [-0.3, -0.25) is 9.69 Å². The van der Waals surface area contributed by atoms with Gasteiger partial charge in [0.1, 0.15) is 0 Å². The summed E-state index contributed by atoms with van der Waals surface area (Å²) in [6.45, 7) is 6.18. The van der Waals surface area contributed by atoms with E-state index in [0.717, 1.165) is 25.9 Å². The average Bonchev–Trinajstić information content (AvgIpc) is 2.41. The maximum atomic E-state index is 11.7. The Balaban J connectivity index is 2.09. The number of methoxy groups -OCH3 is 1. The number of hydrogen-bond acceptors (Lipinski definition) is 3.